The highest BCUT2D eigenvalue weighted by atomic mass is 16.7. The van der Waals surface area contributed by atoms with E-state index in [0.29, 0.717) is 19.3 Å². The number of esters is 2. The van der Waals surface area contributed by atoms with Crippen molar-refractivity contribution in [1.82, 2.24) is 0 Å². The molecule has 0 aromatic carbocycles. The van der Waals surface area contributed by atoms with Gasteiger partial charge in [0.2, 0.25) is 6.29 Å². The van der Waals surface area contributed by atoms with Gasteiger partial charge in [-0.3, -0.25) is 0 Å². The minimum absolute atomic E-state index is 0.280. The summed E-state index contributed by atoms with van der Waals surface area (Å²) in [6.07, 6.45) is 3.68. The summed E-state index contributed by atoms with van der Waals surface area (Å²) in [7, 11) is 0. The highest BCUT2D eigenvalue weighted by molar-refractivity contribution is 5.88. The van der Waals surface area contributed by atoms with Crippen molar-refractivity contribution in [3.63, 3.8) is 0 Å². The van der Waals surface area contributed by atoms with Crippen LogP contribution in [0.4, 0.5) is 0 Å². The number of azo groups is 1. The first-order chi connectivity index (χ1) is 14.8. The molecule has 0 aliphatic heterocycles. The smallest absolute Gasteiger partial charge is 0.336 e. The summed E-state index contributed by atoms with van der Waals surface area (Å²) in [4.78, 5) is 22.8. The van der Waals surface area contributed by atoms with Crippen LogP contribution < -0.4 is 0 Å². The number of carbonyl (C=O) groups excluding carboxylic acids is 2. The monoisotopic (exact) mass is 446 g/mol. The van der Waals surface area contributed by atoms with Crippen molar-refractivity contribution in [2.24, 2.45) is 10.2 Å². The van der Waals surface area contributed by atoms with Gasteiger partial charge in [0.15, 0.2) is 11.1 Å². The van der Waals surface area contributed by atoms with Gasteiger partial charge >= 0.3 is 11.9 Å². The van der Waals surface area contributed by atoms with Crippen LogP contribution in [0.1, 0.15) is 87.0 Å². The van der Waals surface area contributed by atoms with Crippen LogP contribution in [-0.4, -0.2) is 29.3 Å². The number of hydrogen-bond donors (Lipinski definition) is 0. The van der Waals surface area contributed by atoms with Crippen LogP contribution in [0.25, 0.3) is 0 Å². The van der Waals surface area contributed by atoms with Crippen molar-refractivity contribution in [2.75, 3.05) is 0 Å². The van der Waals surface area contributed by atoms with Crippen molar-refractivity contribution < 1.29 is 19.1 Å². The maximum Gasteiger partial charge on any atom is 0.336 e. The second-order valence-electron chi connectivity index (χ2n) is 7.98. The van der Waals surface area contributed by atoms with Crippen LogP contribution in [0.3, 0.4) is 0 Å². The van der Waals surface area contributed by atoms with Gasteiger partial charge in [-0.25, -0.2) is 9.59 Å². The van der Waals surface area contributed by atoms with Gasteiger partial charge in [0.1, 0.15) is 0 Å². The van der Waals surface area contributed by atoms with Gasteiger partial charge in [-0.15, -0.1) is 0 Å². The molecule has 0 rings (SSSR count). The SMILES string of the molecule is C=C(C)C(=O)OC(CCCCC)OC(=O)C(=C)C.CCC(C)(C#N)N=NC(C)(C#N)CC. The van der Waals surface area contributed by atoms with E-state index in [2.05, 4.69) is 42.4 Å². The van der Waals surface area contributed by atoms with Crippen molar-refractivity contribution in [3.05, 3.63) is 24.3 Å². The Labute approximate surface area is 193 Å². The summed E-state index contributed by atoms with van der Waals surface area (Å²) in [6.45, 7) is 19.3. The van der Waals surface area contributed by atoms with Crippen LogP contribution in [0.15, 0.2) is 34.5 Å². The number of rotatable bonds is 12. The Morgan fingerprint density at radius 1 is 0.875 bits per heavy atom. The third kappa shape index (κ3) is 13.3. The fraction of sp³-hybridized carbons (Fsp3) is 0.667. The van der Waals surface area contributed by atoms with Crippen molar-refractivity contribution in [3.8, 4) is 12.1 Å². The summed E-state index contributed by atoms with van der Waals surface area (Å²) in [5.41, 5.74) is -1.04. The lowest BCUT2D eigenvalue weighted by atomic mass is 10.0. The summed E-state index contributed by atoms with van der Waals surface area (Å²) >= 11 is 0. The van der Waals surface area contributed by atoms with E-state index >= 15 is 0 Å². The van der Waals surface area contributed by atoms with Gasteiger partial charge in [-0.2, -0.15) is 20.8 Å². The van der Waals surface area contributed by atoms with Gasteiger partial charge in [-0.05, 0) is 47.0 Å². The molecule has 0 saturated carbocycles. The number of unbranched alkanes of at least 4 members (excludes halogenated alkanes) is 2. The molecule has 0 bridgehead atoms. The van der Waals surface area contributed by atoms with Gasteiger partial charge < -0.3 is 9.47 Å². The molecule has 0 aliphatic rings. The highest BCUT2D eigenvalue weighted by Crippen LogP contribution is 2.20. The molecule has 8 nitrogen and oxygen atoms in total. The average Bonchev–Trinajstić information content (AvgIpc) is 2.77. The van der Waals surface area contributed by atoms with Crippen molar-refractivity contribution >= 4 is 11.9 Å². The molecule has 0 heterocycles. The first-order valence-corrected chi connectivity index (χ1v) is 10.8. The minimum atomic E-state index is -0.857. The zero-order chi connectivity index (χ0) is 25.4. The van der Waals surface area contributed by atoms with E-state index in [9.17, 15) is 9.59 Å². The lowest BCUT2D eigenvalue weighted by Gasteiger charge is -2.18. The van der Waals surface area contributed by atoms with E-state index in [-0.39, 0.29) is 11.1 Å². The van der Waals surface area contributed by atoms with E-state index < -0.39 is 29.3 Å². The molecule has 0 N–H and O–H groups in total. The molecule has 178 valence electrons. The average molecular weight is 447 g/mol. The second-order valence-corrected chi connectivity index (χ2v) is 7.98. The predicted octanol–water partition coefficient (Wildman–Crippen LogP) is 5.95. The first kappa shape index (κ1) is 31.2. The Kier molecular flexibility index (Phi) is 15.4. The lowest BCUT2D eigenvalue weighted by Crippen LogP contribution is -2.25. The molecule has 0 amide bonds. The van der Waals surface area contributed by atoms with Crippen LogP contribution in [0.2, 0.25) is 0 Å². The predicted molar refractivity (Wildman–Crippen MR) is 123 cm³/mol. The van der Waals surface area contributed by atoms with Crippen LogP contribution in [0, 0.1) is 22.7 Å². The maximum atomic E-state index is 11.4. The Morgan fingerprint density at radius 2 is 1.25 bits per heavy atom. The summed E-state index contributed by atoms with van der Waals surface area (Å²) in [5.74, 6) is -1.10. The van der Waals surface area contributed by atoms with E-state index in [4.69, 9.17) is 20.0 Å². The molecule has 0 fully saturated rings. The molecule has 0 radical (unpaired) electrons. The fourth-order valence-electron chi connectivity index (χ4n) is 1.71. The molecule has 2 unspecified atom stereocenters. The third-order valence-corrected chi connectivity index (χ3v) is 4.57. The van der Waals surface area contributed by atoms with E-state index in [0.717, 1.165) is 19.3 Å². The number of nitriles is 2. The second kappa shape index (κ2) is 15.8. The van der Waals surface area contributed by atoms with Gasteiger partial charge in [0.05, 0.1) is 12.1 Å². The Balaban J connectivity index is 0. The zero-order valence-corrected chi connectivity index (χ0v) is 20.7. The Hall–Kier alpha value is -3.00. The molecule has 0 spiro atoms. The molecule has 2 atom stereocenters. The Morgan fingerprint density at radius 3 is 1.50 bits per heavy atom. The summed E-state index contributed by atoms with van der Waals surface area (Å²) in [5, 5.41) is 25.6. The number of ether oxygens (including phenoxy) is 2. The highest BCUT2D eigenvalue weighted by Gasteiger charge is 2.25. The number of nitrogens with zero attached hydrogens (tertiary/aromatic N) is 4. The zero-order valence-electron chi connectivity index (χ0n) is 20.7. The number of hydrogen-bond acceptors (Lipinski definition) is 8. The van der Waals surface area contributed by atoms with Gasteiger partial charge in [0, 0.05) is 17.6 Å². The minimum Gasteiger partial charge on any atom is -0.422 e. The lowest BCUT2D eigenvalue weighted by molar-refractivity contribution is -0.183. The van der Waals surface area contributed by atoms with Crippen LogP contribution in [0.5, 0.6) is 0 Å². The molecular weight excluding hydrogens is 408 g/mol. The van der Waals surface area contributed by atoms with Crippen molar-refractivity contribution in [2.45, 2.75) is 104 Å². The quantitative estimate of drug-likeness (QED) is 0.120. The standard InChI is InChI=1S/C14H22O4.C10H16N4/c1-6-7-8-9-12(17-13(15)10(2)3)18-14(16)11(4)5;1-5-9(3,7-11)13-14-10(4,6-2)8-12/h12H,2,4,6-9H2,1,3,5H3;5-6H2,1-4H3. The normalized spacial score (nSPS) is 14.1. The molecular formula is C24H38N4O4. The molecule has 32 heavy (non-hydrogen) atoms. The van der Waals surface area contributed by atoms with Gasteiger partial charge in [-0.1, -0.05) is 46.8 Å². The van der Waals surface area contributed by atoms with E-state index in [1.807, 2.05) is 13.8 Å². The van der Waals surface area contributed by atoms with E-state index in [1.54, 1.807) is 27.7 Å². The molecule has 0 saturated heterocycles. The third-order valence-electron chi connectivity index (χ3n) is 4.57. The number of carbonyl (C=O) groups is 2. The van der Waals surface area contributed by atoms with Crippen LogP contribution >= 0.6 is 0 Å². The van der Waals surface area contributed by atoms with Gasteiger partial charge in [0.25, 0.3) is 0 Å². The largest absolute Gasteiger partial charge is 0.422 e. The van der Waals surface area contributed by atoms with E-state index in [1.165, 1.54) is 0 Å². The molecule has 0 aliphatic carbocycles. The van der Waals surface area contributed by atoms with Crippen LogP contribution in [-0.2, 0) is 19.1 Å². The topological polar surface area (TPSA) is 125 Å². The molecule has 0 aromatic rings. The summed E-state index contributed by atoms with van der Waals surface area (Å²) < 4.78 is 10.1. The molecule has 8 heteroatoms. The molecule has 0 aromatic heterocycles. The first-order valence-electron chi connectivity index (χ1n) is 10.8. The fourth-order valence-corrected chi connectivity index (χ4v) is 1.71. The Bertz CT molecular complexity index is 705. The maximum absolute atomic E-state index is 11.4. The van der Waals surface area contributed by atoms with Crippen molar-refractivity contribution in [1.29, 1.82) is 10.5 Å². The summed E-state index contributed by atoms with van der Waals surface area (Å²) in [6, 6.07) is 4.16.